The maximum absolute atomic E-state index is 14.0. The van der Waals surface area contributed by atoms with Crippen molar-refractivity contribution in [1.29, 1.82) is 0 Å². The molecule has 2 aromatic carbocycles. The number of nitrogens with one attached hydrogen (secondary N) is 4. The molecule has 0 spiro atoms. The van der Waals surface area contributed by atoms with Gasteiger partial charge in [0.25, 0.3) is 11.5 Å². The first-order valence-electron chi connectivity index (χ1n) is 12.9. The summed E-state index contributed by atoms with van der Waals surface area (Å²) in [5, 5.41) is 8.26. The van der Waals surface area contributed by atoms with Crippen LogP contribution in [0.1, 0.15) is 39.7 Å². The topological polar surface area (TPSA) is 116 Å². The van der Waals surface area contributed by atoms with Crippen LogP contribution in [-0.2, 0) is 13.2 Å². The summed E-state index contributed by atoms with van der Waals surface area (Å²) in [5.41, 5.74) is 4.07. The number of halogens is 2. The molecule has 1 heterocycles. The molecule has 1 aromatic heterocycles. The first-order valence-corrected chi connectivity index (χ1v) is 13.7. The first kappa shape index (κ1) is 30.8. The third-order valence-electron chi connectivity index (χ3n) is 6.23. The van der Waals surface area contributed by atoms with Gasteiger partial charge >= 0.3 is 6.03 Å². The summed E-state index contributed by atoms with van der Waals surface area (Å²) in [6.07, 6.45) is 0. The van der Waals surface area contributed by atoms with E-state index in [0.717, 1.165) is 11.1 Å². The molecule has 214 valence electrons. The van der Waals surface area contributed by atoms with Gasteiger partial charge in [0.15, 0.2) is 0 Å². The molecule has 40 heavy (non-hydrogen) atoms. The normalized spacial score (nSPS) is 10.9. The molecule has 0 aliphatic rings. The SMILES string of the molecule is CCNC(=O)NCc1cc(F)ccc1COc1c(-c2cc(C(=O)NCCN(C)C)ccc2C)c(C)[nH]c(=O)c1Br. The average molecular weight is 617 g/mol. The minimum absolute atomic E-state index is 0.00490. The summed E-state index contributed by atoms with van der Waals surface area (Å²) in [7, 11) is 3.87. The highest BCUT2D eigenvalue weighted by molar-refractivity contribution is 9.10. The first-order chi connectivity index (χ1) is 19.0. The molecule has 0 unspecified atom stereocenters. The standard InChI is InChI=1S/C29H35BrFN5O4/c1-6-32-29(39)34-15-21-13-22(31)10-9-20(21)16-40-26-24(18(3)35-28(38)25(26)30)23-14-19(8-7-17(23)2)27(37)33-11-12-36(4)5/h7-10,13-14H,6,11-12,15-16H2,1-5H3,(H,33,37)(H,35,38)(H2,32,34,39). The fourth-order valence-corrected chi connectivity index (χ4v) is 4.52. The predicted octanol–water partition coefficient (Wildman–Crippen LogP) is 4.25. The molecule has 0 aliphatic heterocycles. The lowest BCUT2D eigenvalue weighted by Crippen LogP contribution is -2.35. The van der Waals surface area contributed by atoms with Crippen LogP contribution in [0.2, 0.25) is 0 Å². The van der Waals surface area contributed by atoms with Gasteiger partial charge in [-0.25, -0.2) is 9.18 Å². The Labute approximate surface area is 241 Å². The van der Waals surface area contributed by atoms with E-state index < -0.39 is 5.82 Å². The Morgan fingerprint density at radius 1 is 1.05 bits per heavy atom. The van der Waals surface area contributed by atoms with E-state index in [-0.39, 0.29) is 35.1 Å². The predicted molar refractivity (Wildman–Crippen MR) is 157 cm³/mol. The Balaban J connectivity index is 1.96. The van der Waals surface area contributed by atoms with Gasteiger partial charge in [-0.15, -0.1) is 0 Å². The zero-order valence-electron chi connectivity index (χ0n) is 23.3. The molecule has 0 aliphatic carbocycles. The van der Waals surface area contributed by atoms with Gasteiger partial charge in [-0.3, -0.25) is 9.59 Å². The molecule has 3 rings (SSSR count). The number of hydrogen-bond donors (Lipinski definition) is 4. The Hall–Kier alpha value is -3.70. The molecule has 3 amide bonds. The number of amides is 3. The van der Waals surface area contributed by atoms with Gasteiger partial charge < -0.3 is 30.6 Å². The van der Waals surface area contributed by atoms with E-state index in [0.29, 0.717) is 53.3 Å². The van der Waals surface area contributed by atoms with Gasteiger partial charge in [0.2, 0.25) is 0 Å². The van der Waals surface area contributed by atoms with Crippen LogP contribution in [0.3, 0.4) is 0 Å². The van der Waals surface area contributed by atoms with Crippen molar-refractivity contribution in [3.8, 4) is 16.9 Å². The quantitative estimate of drug-likeness (QED) is 0.257. The minimum Gasteiger partial charge on any atom is -0.487 e. The smallest absolute Gasteiger partial charge is 0.315 e. The number of urea groups is 1. The second-order valence-corrected chi connectivity index (χ2v) is 10.4. The van der Waals surface area contributed by atoms with Crippen LogP contribution >= 0.6 is 15.9 Å². The van der Waals surface area contributed by atoms with Gasteiger partial charge in [-0.1, -0.05) is 12.1 Å². The number of benzene rings is 2. The van der Waals surface area contributed by atoms with Crippen LogP contribution in [0.4, 0.5) is 9.18 Å². The zero-order chi connectivity index (χ0) is 29.4. The molecule has 0 saturated heterocycles. The van der Waals surface area contributed by atoms with Crippen molar-refractivity contribution in [3.05, 3.63) is 85.0 Å². The Morgan fingerprint density at radius 2 is 1.80 bits per heavy atom. The molecular formula is C29H35BrFN5O4. The Bertz CT molecular complexity index is 1440. The third-order valence-corrected chi connectivity index (χ3v) is 6.95. The number of hydrogen-bond acceptors (Lipinski definition) is 5. The van der Waals surface area contributed by atoms with Crippen molar-refractivity contribution >= 4 is 27.9 Å². The second kappa shape index (κ2) is 14.1. The average Bonchev–Trinajstić information content (AvgIpc) is 2.90. The molecule has 0 bridgehead atoms. The molecule has 0 fully saturated rings. The van der Waals surface area contributed by atoms with Gasteiger partial charge in [0, 0.05) is 43.0 Å². The van der Waals surface area contributed by atoms with E-state index in [2.05, 4.69) is 36.9 Å². The Morgan fingerprint density at radius 3 is 2.50 bits per heavy atom. The molecule has 11 heteroatoms. The van der Waals surface area contributed by atoms with Crippen molar-refractivity contribution in [2.75, 3.05) is 33.7 Å². The zero-order valence-corrected chi connectivity index (χ0v) is 24.9. The highest BCUT2D eigenvalue weighted by atomic mass is 79.9. The summed E-state index contributed by atoms with van der Waals surface area (Å²) in [4.78, 5) is 42.2. The van der Waals surface area contributed by atoms with Crippen molar-refractivity contribution in [2.24, 2.45) is 0 Å². The molecule has 3 aromatic rings. The maximum atomic E-state index is 14.0. The summed E-state index contributed by atoms with van der Waals surface area (Å²) >= 11 is 3.38. The molecule has 9 nitrogen and oxygen atoms in total. The van der Waals surface area contributed by atoms with Crippen LogP contribution in [0.5, 0.6) is 5.75 Å². The number of nitrogens with zero attached hydrogens (tertiary/aromatic N) is 1. The van der Waals surface area contributed by atoms with E-state index in [1.54, 1.807) is 32.0 Å². The second-order valence-electron chi connectivity index (χ2n) is 9.60. The van der Waals surface area contributed by atoms with E-state index in [4.69, 9.17) is 4.74 Å². The largest absolute Gasteiger partial charge is 0.487 e. The van der Waals surface area contributed by atoms with Crippen molar-refractivity contribution in [3.63, 3.8) is 0 Å². The van der Waals surface area contributed by atoms with Gasteiger partial charge in [-0.2, -0.15) is 0 Å². The number of ether oxygens (including phenoxy) is 1. The lowest BCUT2D eigenvalue weighted by Gasteiger charge is -2.19. The van der Waals surface area contributed by atoms with Crippen molar-refractivity contribution < 1.29 is 18.7 Å². The van der Waals surface area contributed by atoms with E-state index >= 15 is 0 Å². The summed E-state index contributed by atoms with van der Waals surface area (Å²) in [6.45, 7) is 7.24. The number of aryl methyl sites for hydroxylation is 2. The number of pyridine rings is 1. The van der Waals surface area contributed by atoms with Crippen molar-refractivity contribution in [1.82, 2.24) is 25.8 Å². The number of carbonyl (C=O) groups is 2. The Kier molecular flexibility index (Phi) is 10.9. The number of aromatic amines is 1. The van der Waals surface area contributed by atoms with Crippen LogP contribution in [0, 0.1) is 19.7 Å². The molecule has 4 N–H and O–H groups in total. The van der Waals surface area contributed by atoms with Crippen LogP contribution in [-0.4, -0.2) is 55.6 Å². The fourth-order valence-electron chi connectivity index (χ4n) is 4.11. The van der Waals surface area contributed by atoms with Gasteiger partial charge in [-0.05, 0) is 97.3 Å². The van der Waals surface area contributed by atoms with Gasteiger partial charge in [0.1, 0.15) is 22.6 Å². The lowest BCUT2D eigenvalue weighted by molar-refractivity contribution is 0.0951. The number of likely N-dealkylation sites (N-methyl/N-ethyl adjacent to an activating group) is 1. The number of rotatable bonds is 11. The number of carbonyl (C=O) groups excluding carboxylic acids is 2. The lowest BCUT2D eigenvalue weighted by atomic mass is 9.96. The van der Waals surface area contributed by atoms with Crippen LogP contribution in [0.15, 0.2) is 45.7 Å². The fraction of sp³-hybridized carbons (Fsp3) is 0.345. The highest BCUT2D eigenvalue weighted by Crippen LogP contribution is 2.39. The molecule has 0 saturated carbocycles. The third kappa shape index (κ3) is 7.92. The monoisotopic (exact) mass is 615 g/mol. The maximum Gasteiger partial charge on any atom is 0.315 e. The molecule has 0 radical (unpaired) electrons. The minimum atomic E-state index is -0.443. The summed E-state index contributed by atoms with van der Waals surface area (Å²) in [6, 6.07) is 9.26. The summed E-state index contributed by atoms with van der Waals surface area (Å²) < 4.78 is 20.5. The van der Waals surface area contributed by atoms with E-state index in [9.17, 15) is 18.8 Å². The van der Waals surface area contributed by atoms with Crippen LogP contribution in [0.25, 0.3) is 11.1 Å². The number of H-pyrrole nitrogens is 1. The van der Waals surface area contributed by atoms with Gasteiger partial charge in [0.05, 0.1) is 0 Å². The van der Waals surface area contributed by atoms with E-state index in [1.165, 1.54) is 12.1 Å². The van der Waals surface area contributed by atoms with Crippen molar-refractivity contribution in [2.45, 2.75) is 33.9 Å². The van der Waals surface area contributed by atoms with E-state index in [1.807, 2.05) is 32.0 Å². The molecular weight excluding hydrogens is 581 g/mol. The summed E-state index contributed by atoms with van der Waals surface area (Å²) in [5.74, 6) is -0.356. The highest BCUT2D eigenvalue weighted by Gasteiger charge is 2.21. The molecule has 0 atom stereocenters. The van der Waals surface area contributed by atoms with Crippen LogP contribution < -0.4 is 26.2 Å². The number of aromatic nitrogens is 1.